The molecule has 25 heavy (non-hydrogen) atoms. The summed E-state index contributed by atoms with van der Waals surface area (Å²) >= 11 is 8.74. The quantitative estimate of drug-likeness (QED) is 0.420. The molecule has 1 heterocycles. The van der Waals surface area contributed by atoms with Gasteiger partial charge in [-0.3, -0.25) is 19.7 Å². The molecule has 136 valence electrons. The van der Waals surface area contributed by atoms with Crippen molar-refractivity contribution < 1.29 is 14.5 Å². The van der Waals surface area contributed by atoms with Gasteiger partial charge in [0.25, 0.3) is 11.6 Å². The first-order chi connectivity index (χ1) is 11.9. The number of nitro groups is 1. The number of nitrogens with zero attached hydrogens (tertiary/aromatic N) is 2. The van der Waals surface area contributed by atoms with Crippen LogP contribution in [0.3, 0.4) is 0 Å². The molecule has 0 bridgehead atoms. The van der Waals surface area contributed by atoms with Crippen molar-refractivity contribution in [3.8, 4) is 0 Å². The van der Waals surface area contributed by atoms with E-state index in [2.05, 4.69) is 26.6 Å². The van der Waals surface area contributed by atoms with Crippen LogP contribution in [0.2, 0.25) is 0 Å². The standard InChI is InChI=1S/C15H18BrClN4O4/c1-18-15(23)11-5-9(16)6-12(21(24)25)14(11)20-4-2-3-10(8-20)19-13(22)7-17/h5-6,10H,2-4,7-8H2,1H3,(H,18,23)(H,19,22). The van der Waals surface area contributed by atoms with Crippen LogP contribution in [0.1, 0.15) is 23.2 Å². The number of amides is 2. The monoisotopic (exact) mass is 432 g/mol. The van der Waals surface area contributed by atoms with Gasteiger partial charge in [-0.05, 0) is 18.9 Å². The van der Waals surface area contributed by atoms with Crippen molar-refractivity contribution in [2.45, 2.75) is 18.9 Å². The Bertz CT molecular complexity index is 700. The second-order valence-corrected chi connectivity index (χ2v) is 6.83. The normalized spacial score (nSPS) is 17.1. The molecule has 0 aromatic heterocycles. The average Bonchev–Trinajstić information content (AvgIpc) is 2.60. The lowest BCUT2D eigenvalue weighted by Crippen LogP contribution is -2.48. The van der Waals surface area contributed by atoms with Crippen LogP contribution in [-0.2, 0) is 4.79 Å². The molecule has 2 amide bonds. The zero-order valence-corrected chi connectivity index (χ0v) is 15.9. The molecule has 1 atom stereocenters. The fourth-order valence-electron chi connectivity index (χ4n) is 2.93. The molecule has 1 fully saturated rings. The van der Waals surface area contributed by atoms with Crippen molar-refractivity contribution >= 4 is 50.7 Å². The molecule has 0 radical (unpaired) electrons. The maximum atomic E-state index is 12.2. The molecule has 2 rings (SSSR count). The number of benzene rings is 1. The van der Waals surface area contributed by atoms with Gasteiger partial charge in [0.2, 0.25) is 5.91 Å². The summed E-state index contributed by atoms with van der Waals surface area (Å²) in [7, 11) is 1.47. The summed E-state index contributed by atoms with van der Waals surface area (Å²) in [5, 5.41) is 16.8. The molecule has 1 unspecified atom stereocenters. The Hall–Kier alpha value is -1.87. The topological polar surface area (TPSA) is 105 Å². The van der Waals surface area contributed by atoms with E-state index in [1.54, 1.807) is 11.0 Å². The smallest absolute Gasteiger partial charge is 0.294 e. The van der Waals surface area contributed by atoms with Crippen LogP contribution in [0.25, 0.3) is 0 Å². The second-order valence-electron chi connectivity index (χ2n) is 5.64. The van der Waals surface area contributed by atoms with Crippen LogP contribution in [0.15, 0.2) is 16.6 Å². The van der Waals surface area contributed by atoms with Gasteiger partial charge in [0, 0.05) is 36.7 Å². The molecule has 1 saturated heterocycles. The SMILES string of the molecule is CNC(=O)c1cc(Br)cc([N+](=O)[O-])c1N1CCCC(NC(=O)CCl)C1. The van der Waals surface area contributed by atoms with E-state index >= 15 is 0 Å². The van der Waals surface area contributed by atoms with E-state index in [-0.39, 0.29) is 34.8 Å². The Morgan fingerprint density at radius 3 is 2.80 bits per heavy atom. The first-order valence-corrected chi connectivity index (χ1v) is 9.00. The number of carbonyl (C=O) groups is 2. The Morgan fingerprint density at radius 1 is 1.48 bits per heavy atom. The predicted molar refractivity (Wildman–Crippen MR) is 98.3 cm³/mol. The van der Waals surface area contributed by atoms with Crippen LogP contribution in [0.5, 0.6) is 0 Å². The van der Waals surface area contributed by atoms with E-state index in [4.69, 9.17) is 11.6 Å². The maximum absolute atomic E-state index is 12.2. The van der Waals surface area contributed by atoms with Crippen molar-refractivity contribution in [1.82, 2.24) is 10.6 Å². The molecule has 0 spiro atoms. The van der Waals surface area contributed by atoms with Crippen molar-refractivity contribution in [1.29, 1.82) is 0 Å². The lowest BCUT2D eigenvalue weighted by atomic mass is 10.0. The first kappa shape index (κ1) is 19.5. The van der Waals surface area contributed by atoms with Crippen molar-refractivity contribution in [3.63, 3.8) is 0 Å². The van der Waals surface area contributed by atoms with Gasteiger partial charge >= 0.3 is 0 Å². The molecule has 2 N–H and O–H groups in total. The van der Waals surface area contributed by atoms with Gasteiger partial charge in [-0.1, -0.05) is 15.9 Å². The number of anilines is 1. The van der Waals surface area contributed by atoms with Gasteiger partial charge in [0.05, 0.1) is 10.5 Å². The molecule has 1 aromatic carbocycles. The van der Waals surface area contributed by atoms with Crippen LogP contribution < -0.4 is 15.5 Å². The number of hydrogen-bond acceptors (Lipinski definition) is 5. The van der Waals surface area contributed by atoms with Gasteiger partial charge in [0.15, 0.2) is 0 Å². The number of nitrogens with one attached hydrogen (secondary N) is 2. The molecule has 8 nitrogen and oxygen atoms in total. The summed E-state index contributed by atoms with van der Waals surface area (Å²) in [6, 6.07) is 2.76. The number of alkyl halides is 1. The highest BCUT2D eigenvalue weighted by Crippen LogP contribution is 2.36. The van der Waals surface area contributed by atoms with E-state index in [9.17, 15) is 19.7 Å². The average molecular weight is 434 g/mol. The molecule has 1 aliphatic heterocycles. The zero-order chi connectivity index (χ0) is 18.6. The van der Waals surface area contributed by atoms with E-state index in [0.717, 1.165) is 12.8 Å². The van der Waals surface area contributed by atoms with Crippen molar-refractivity contribution in [3.05, 3.63) is 32.3 Å². The van der Waals surface area contributed by atoms with Crippen molar-refractivity contribution in [2.24, 2.45) is 0 Å². The third kappa shape index (κ3) is 4.60. The molecule has 0 aliphatic carbocycles. The fourth-order valence-corrected chi connectivity index (χ4v) is 3.45. The van der Waals surface area contributed by atoms with E-state index in [0.29, 0.717) is 17.6 Å². The van der Waals surface area contributed by atoms with Crippen molar-refractivity contribution in [2.75, 3.05) is 30.9 Å². The van der Waals surface area contributed by atoms with Crippen LogP contribution >= 0.6 is 27.5 Å². The van der Waals surface area contributed by atoms with Crippen LogP contribution in [0.4, 0.5) is 11.4 Å². The molecule has 10 heteroatoms. The molecule has 1 aliphatic rings. The lowest BCUT2D eigenvalue weighted by Gasteiger charge is -2.35. The largest absolute Gasteiger partial charge is 0.363 e. The number of piperidine rings is 1. The minimum Gasteiger partial charge on any atom is -0.363 e. The second kappa shape index (κ2) is 8.48. The van der Waals surface area contributed by atoms with Crippen LogP contribution in [-0.4, -0.2) is 48.8 Å². The van der Waals surface area contributed by atoms with E-state index in [1.165, 1.54) is 13.1 Å². The number of halogens is 2. The summed E-state index contributed by atoms with van der Waals surface area (Å²) in [5.74, 6) is -0.838. The van der Waals surface area contributed by atoms with E-state index in [1.807, 2.05) is 0 Å². The van der Waals surface area contributed by atoms with Gasteiger partial charge in [-0.2, -0.15) is 0 Å². The summed E-state index contributed by atoms with van der Waals surface area (Å²) in [6.07, 6.45) is 1.48. The Kier molecular flexibility index (Phi) is 6.60. The Labute approximate surface area is 158 Å². The van der Waals surface area contributed by atoms with Gasteiger partial charge in [0.1, 0.15) is 11.6 Å². The summed E-state index contributed by atoms with van der Waals surface area (Å²) in [6.45, 7) is 0.925. The third-order valence-electron chi connectivity index (χ3n) is 3.95. The lowest BCUT2D eigenvalue weighted by molar-refractivity contribution is -0.384. The van der Waals surface area contributed by atoms with Gasteiger partial charge in [-0.15, -0.1) is 11.6 Å². The minimum absolute atomic E-state index is 0.140. The Balaban J connectivity index is 2.43. The molecule has 0 saturated carbocycles. The zero-order valence-electron chi connectivity index (χ0n) is 13.6. The first-order valence-electron chi connectivity index (χ1n) is 7.67. The van der Waals surface area contributed by atoms with Crippen LogP contribution in [0, 0.1) is 10.1 Å². The number of hydrogen-bond donors (Lipinski definition) is 2. The number of carbonyl (C=O) groups excluding carboxylic acids is 2. The molecule has 1 aromatic rings. The number of nitro benzene ring substituents is 1. The number of rotatable bonds is 5. The Morgan fingerprint density at radius 2 is 2.20 bits per heavy atom. The fraction of sp³-hybridized carbons (Fsp3) is 0.467. The third-order valence-corrected chi connectivity index (χ3v) is 4.65. The molecular formula is C15H18BrClN4O4. The minimum atomic E-state index is -0.506. The highest BCUT2D eigenvalue weighted by atomic mass is 79.9. The summed E-state index contributed by atoms with van der Waals surface area (Å²) in [5.41, 5.74) is 0.322. The van der Waals surface area contributed by atoms with Gasteiger partial charge in [-0.25, -0.2) is 0 Å². The predicted octanol–water partition coefficient (Wildman–Crippen LogP) is 2.04. The maximum Gasteiger partial charge on any atom is 0.294 e. The highest BCUT2D eigenvalue weighted by molar-refractivity contribution is 9.10. The van der Waals surface area contributed by atoms with E-state index < -0.39 is 10.8 Å². The van der Waals surface area contributed by atoms with Gasteiger partial charge < -0.3 is 15.5 Å². The summed E-state index contributed by atoms with van der Waals surface area (Å²) in [4.78, 5) is 36.6. The highest BCUT2D eigenvalue weighted by Gasteiger charge is 2.31. The summed E-state index contributed by atoms with van der Waals surface area (Å²) < 4.78 is 0.450. The molecular weight excluding hydrogens is 416 g/mol.